The molecule has 0 aliphatic rings. The van der Waals surface area contributed by atoms with Gasteiger partial charge >= 0.3 is 5.69 Å². The normalized spacial score (nSPS) is 10.6. The van der Waals surface area contributed by atoms with Crippen molar-refractivity contribution in [3.63, 3.8) is 0 Å². The van der Waals surface area contributed by atoms with Crippen molar-refractivity contribution in [2.45, 2.75) is 10.9 Å². The molecule has 7 nitrogen and oxygen atoms in total. The van der Waals surface area contributed by atoms with Crippen molar-refractivity contribution >= 4 is 17.4 Å². The topological polar surface area (TPSA) is 96.2 Å². The molecule has 0 aliphatic carbocycles. The molecule has 3 aromatic rings. The molecule has 0 spiro atoms. The molecule has 0 saturated heterocycles. The molecule has 0 amide bonds. The number of nitrogens with zero attached hydrogens (tertiary/aromatic N) is 3. The smallest absolute Gasteiger partial charge is 0.311 e. The molecule has 128 valence electrons. The molecule has 0 saturated carbocycles. The zero-order valence-electron chi connectivity index (χ0n) is 13.5. The van der Waals surface area contributed by atoms with Gasteiger partial charge in [0, 0.05) is 17.4 Å². The van der Waals surface area contributed by atoms with Crippen molar-refractivity contribution in [2.75, 3.05) is 13.0 Å². The molecule has 0 bridgehead atoms. The number of thioether (sulfide) groups is 1. The second-order valence-electron chi connectivity index (χ2n) is 5.23. The molecular formula is C17H16N4O3S. The van der Waals surface area contributed by atoms with Crippen LogP contribution in [0.4, 0.5) is 5.69 Å². The minimum absolute atomic E-state index is 0.0540. The van der Waals surface area contributed by atoms with E-state index in [9.17, 15) is 10.1 Å². The Balaban J connectivity index is 1.77. The van der Waals surface area contributed by atoms with Crippen LogP contribution in [-0.2, 0) is 5.75 Å². The van der Waals surface area contributed by atoms with Gasteiger partial charge < -0.3 is 10.6 Å². The molecule has 1 heterocycles. The van der Waals surface area contributed by atoms with Crippen LogP contribution in [0.25, 0.3) is 11.3 Å². The number of rotatable bonds is 6. The third-order valence-electron chi connectivity index (χ3n) is 3.58. The molecular weight excluding hydrogens is 340 g/mol. The Kier molecular flexibility index (Phi) is 4.90. The van der Waals surface area contributed by atoms with E-state index >= 15 is 0 Å². The highest BCUT2D eigenvalue weighted by Gasteiger charge is 2.16. The highest BCUT2D eigenvalue weighted by Crippen LogP contribution is 2.31. The number of methoxy groups -OCH3 is 1. The van der Waals surface area contributed by atoms with Crippen LogP contribution in [0.2, 0.25) is 0 Å². The second kappa shape index (κ2) is 7.27. The first-order valence-corrected chi connectivity index (χ1v) is 8.41. The molecule has 0 radical (unpaired) electrons. The summed E-state index contributed by atoms with van der Waals surface area (Å²) < 4.78 is 6.47. The lowest BCUT2D eigenvalue weighted by molar-refractivity contribution is -0.385. The zero-order valence-corrected chi connectivity index (χ0v) is 14.3. The first kappa shape index (κ1) is 16.8. The van der Waals surface area contributed by atoms with Crippen LogP contribution in [0, 0.1) is 10.1 Å². The van der Waals surface area contributed by atoms with E-state index in [1.54, 1.807) is 18.3 Å². The Morgan fingerprint density at radius 1 is 1.28 bits per heavy atom. The monoisotopic (exact) mass is 356 g/mol. The maximum Gasteiger partial charge on any atom is 0.311 e. The van der Waals surface area contributed by atoms with E-state index in [0.29, 0.717) is 10.9 Å². The van der Waals surface area contributed by atoms with Crippen molar-refractivity contribution in [3.8, 4) is 17.0 Å². The predicted octanol–water partition coefficient (Wildman–Crippen LogP) is 3.47. The molecule has 2 aromatic carbocycles. The van der Waals surface area contributed by atoms with Crippen LogP contribution in [0.1, 0.15) is 5.56 Å². The Morgan fingerprint density at radius 2 is 2.04 bits per heavy atom. The maximum absolute atomic E-state index is 11.1. The van der Waals surface area contributed by atoms with Gasteiger partial charge in [0.05, 0.1) is 23.9 Å². The Hall–Kier alpha value is -3.00. The predicted molar refractivity (Wildman–Crippen MR) is 97.0 cm³/mol. The molecule has 0 aliphatic heterocycles. The van der Waals surface area contributed by atoms with Crippen molar-refractivity contribution in [3.05, 3.63) is 70.4 Å². The summed E-state index contributed by atoms with van der Waals surface area (Å²) in [4.78, 5) is 15.2. The number of benzene rings is 2. The van der Waals surface area contributed by atoms with Crippen molar-refractivity contribution in [2.24, 2.45) is 0 Å². The molecule has 8 heteroatoms. The van der Waals surface area contributed by atoms with Crippen LogP contribution in [0.15, 0.2) is 59.9 Å². The lowest BCUT2D eigenvalue weighted by atomic mass is 10.2. The van der Waals surface area contributed by atoms with Crippen molar-refractivity contribution < 1.29 is 9.66 Å². The lowest BCUT2D eigenvalue weighted by Crippen LogP contribution is -2.07. The van der Waals surface area contributed by atoms with Crippen LogP contribution in [0.3, 0.4) is 0 Å². The number of aromatic nitrogens is 2. The van der Waals surface area contributed by atoms with Gasteiger partial charge in [0.1, 0.15) is 0 Å². The van der Waals surface area contributed by atoms with Gasteiger partial charge in [-0.05, 0) is 11.6 Å². The molecule has 0 atom stereocenters. The number of nitro benzene ring substituents is 1. The fourth-order valence-electron chi connectivity index (χ4n) is 2.35. The van der Waals surface area contributed by atoms with Crippen LogP contribution in [0.5, 0.6) is 5.75 Å². The summed E-state index contributed by atoms with van der Waals surface area (Å²) in [6.07, 6.45) is 1.76. The summed E-state index contributed by atoms with van der Waals surface area (Å²) in [5.74, 6) is 6.72. The largest absolute Gasteiger partial charge is 0.490 e. The SMILES string of the molecule is COc1ccc(CSc2nc(-c3ccccc3)cn2N)cc1[N+](=O)[O-]. The first-order chi connectivity index (χ1) is 12.1. The summed E-state index contributed by atoms with van der Waals surface area (Å²) in [7, 11) is 1.41. The Bertz CT molecular complexity index is 896. The maximum atomic E-state index is 11.1. The molecule has 1 aromatic heterocycles. The molecule has 2 N–H and O–H groups in total. The van der Waals surface area contributed by atoms with Gasteiger partial charge in [0.25, 0.3) is 0 Å². The standard InChI is InChI=1S/C17H16N4O3S/c1-24-16-8-7-12(9-15(16)21(22)23)11-25-17-19-14(10-20(17)18)13-5-3-2-4-6-13/h2-10H,11,18H2,1H3. The summed E-state index contributed by atoms with van der Waals surface area (Å²) in [5.41, 5.74) is 2.50. The molecule has 0 unspecified atom stereocenters. The van der Waals surface area contributed by atoms with Gasteiger partial charge in [-0.25, -0.2) is 9.66 Å². The van der Waals surface area contributed by atoms with E-state index < -0.39 is 4.92 Å². The Labute approximate surface area is 148 Å². The highest BCUT2D eigenvalue weighted by atomic mass is 32.2. The second-order valence-corrected chi connectivity index (χ2v) is 6.18. The van der Waals surface area contributed by atoms with Gasteiger partial charge in [-0.2, -0.15) is 0 Å². The van der Waals surface area contributed by atoms with Gasteiger partial charge in [-0.1, -0.05) is 48.2 Å². The van der Waals surface area contributed by atoms with E-state index in [-0.39, 0.29) is 11.4 Å². The number of hydrogen-bond donors (Lipinski definition) is 1. The fourth-order valence-corrected chi connectivity index (χ4v) is 3.19. The number of ether oxygens (including phenoxy) is 1. The van der Waals surface area contributed by atoms with Gasteiger partial charge in [0.2, 0.25) is 0 Å². The minimum atomic E-state index is -0.454. The van der Waals surface area contributed by atoms with Crippen LogP contribution >= 0.6 is 11.8 Å². The highest BCUT2D eigenvalue weighted by molar-refractivity contribution is 7.98. The van der Waals surface area contributed by atoms with Gasteiger partial charge in [-0.15, -0.1) is 0 Å². The van der Waals surface area contributed by atoms with Gasteiger partial charge in [-0.3, -0.25) is 10.1 Å². The Morgan fingerprint density at radius 3 is 2.72 bits per heavy atom. The van der Waals surface area contributed by atoms with Crippen molar-refractivity contribution in [1.82, 2.24) is 9.66 Å². The zero-order chi connectivity index (χ0) is 17.8. The summed E-state index contributed by atoms with van der Waals surface area (Å²) >= 11 is 1.41. The molecule has 25 heavy (non-hydrogen) atoms. The number of hydrogen-bond acceptors (Lipinski definition) is 6. The van der Waals surface area contributed by atoms with E-state index in [1.165, 1.54) is 29.6 Å². The number of nitrogens with two attached hydrogens (primary N) is 1. The average Bonchev–Trinajstić information content (AvgIpc) is 3.01. The van der Waals surface area contributed by atoms with Crippen molar-refractivity contribution in [1.29, 1.82) is 0 Å². The minimum Gasteiger partial charge on any atom is -0.490 e. The van der Waals surface area contributed by atoms with E-state index in [1.807, 2.05) is 30.3 Å². The van der Waals surface area contributed by atoms with Crippen LogP contribution in [-0.4, -0.2) is 21.7 Å². The van der Waals surface area contributed by atoms with E-state index in [4.69, 9.17) is 10.6 Å². The molecule has 3 rings (SSSR count). The first-order valence-electron chi connectivity index (χ1n) is 7.42. The van der Waals surface area contributed by atoms with Crippen LogP contribution < -0.4 is 10.6 Å². The number of nitro groups is 1. The number of nitrogen functional groups attached to an aromatic ring is 1. The lowest BCUT2D eigenvalue weighted by Gasteiger charge is -2.05. The van der Waals surface area contributed by atoms with E-state index in [2.05, 4.69) is 4.98 Å². The van der Waals surface area contributed by atoms with Gasteiger partial charge in [0.15, 0.2) is 10.9 Å². The summed E-state index contributed by atoms with van der Waals surface area (Å²) in [6, 6.07) is 14.6. The number of imidazole rings is 1. The van der Waals surface area contributed by atoms with E-state index in [0.717, 1.165) is 16.8 Å². The third kappa shape index (κ3) is 3.74. The fraction of sp³-hybridized carbons (Fsp3) is 0.118. The quantitative estimate of drug-likeness (QED) is 0.314. The average molecular weight is 356 g/mol. The third-order valence-corrected chi connectivity index (χ3v) is 4.61. The summed E-state index contributed by atoms with van der Waals surface area (Å²) in [5, 5.41) is 11.7. The molecule has 0 fully saturated rings. The summed E-state index contributed by atoms with van der Waals surface area (Å²) in [6.45, 7) is 0.